The highest BCUT2D eigenvalue weighted by Crippen LogP contribution is 2.33. The highest BCUT2D eigenvalue weighted by molar-refractivity contribution is 7.98. The van der Waals surface area contributed by atoms with Crippen molar-refractivity contribution in [2.24, 2.45) is 0 Å². The van der Waals surface area contributed by atoms with Gasteiger partial charge in [0.1, 0.15) is 5.82 Å². The van der Waals surface area contributed by atoms with Crippen molar-refractivity contribution in [2.75, 3.05) is 11.4 Å². The summed E-state index contributed by atoms with van der Waals surface area (Å²) in [7, 11) is 0. The molecule has 0 aromatic heterocycles. The van der Waals surface area contributed by atoms with Gasteiger partial charge in [0.25, 0.3) is 0 Å². The van der Waals surface area contributed by atoms with Gasteiger partial charge in [0.15, 0.2) is 0 Å². The van der Waals surface area contributed by atoms with Gasteiger partial charge in [-0.15, -0.1) is 0 Å². The second-order valence-corrected chi connectivity index (χ2v) is 7.50. The van der Waals surface area contributed by atoms with Crippen LogP contribution < -0.4 is 9.62 Å². The van der Waals surface area contributed by atoms with Crippen molar-refractivity contribution in [1.82, 2.24) is 4.72 Å². The van der Waals surface area contributed by atoms with E-state index in [1.165, 1.54) is 12.8 Å². The Morgan fingerprint density at radius 3 is 2.70 bits per heavy atom. The molecule has 2 nitrogen and oxygen atoms in total. The van der Waals surface area contributed by atoms with Crippen LogP contribution in [0.5, 0.6) is 0 Å². The second kappa shape index (κ2) is 8.62. The van der Waals surface area contributed by atoms with E-state index in [0.717, 1.165) is 37.1 Å². The van der Waals surface area contributed by atoms with Crippen molar-refractivity contribution >= 4 is 23.3 Å². The number of anilines is 1. The third-order valence-corrected chi connectivity index (χ3v) is 5.35. The fraction of sp³-hybridized carbons (Fsp3) is 0.579. The van der Waals surface area contributed by atoms with E-state index in [9.17, 15) is 4.39 Å². The van der Waals surface area contributed by atoms with Gasteiger partial charge < -0.3 is 9.62 Å². The minimum atomic E-state index is -0.154. The first kappa shape index (κ1) is 18.2. The molecular weight excluding hydrogens is 307 g/mol. The van der Waals surface area contributed by atoms with Crippen LogP contribution in [0.25, 0.3) is 5.70 Å². The summed E-state index contributed by atoms with van der Waals surface area (Å²) >= 11 is 1.70. The van der Waals surface area contributed by atoms with E-state index >= 15 is 0 Å². The zero-order valence-corrected chi connectivity index (χ0v) is 15.4. The van der Waals surface area contributed by atoms with Crippen LogP contribution in [0.1, 0.15) is 58.4 Å². The molecule has 0 radical (unpaired) electrons. The van der Waals surface area contributed by atoms with E-state index in [-0.39, 0.29) is 5.82 Å². The number of halogens is 1. The summed E-state index contributed by atoms with van der Waals surface area (Å²) in [5, 5.41) is 0.700. The molecule has 1 aromatic rings. The van der Waals surface area contributed by atoms with E-state index < -0.39 is 0 Å². The van der Waals surface area contributed by atoms with Gasteiger partial charge in [0.2, 0.25) is 0 Å². The molecule has 0 spiro atoms. The van der Waals surface area contributed by atoms with E-state index in [4.69, 9.17) is 0 Å². The normalized spacial score (nSPS) is 15.3. The van der Waals surface area contributed by atoms with Crippen molar-refractivity contribution < 1.29 is 4.39 Å². The minimum absolute atomic E-state index is 0.154. The molecule has 0 heterocycles. The summed E-state index contributed by atoms with van der Waals surface area (Å²) in [6, 6.07) is 5.84. The largest absolute Gasteiger partial charge is 0.366 e. The van der Waals surface area contributed by atoms with Gasteiger partial charge in [-0.1, -0.05) is 32.9 Å². The van der Waals surface area contributed by atoms with Gasteiger partial charge in [-0.3, -0.25) is 0 Å². The Labute approximate surface area is 144 Å². The molecule has 1 aliphatic rings. The zero-order chi connectivity index (χ0) is 16.8. The second-order valence-electron chi connectivity index (χ2n) is 6.40. The number of benzene rings is 1. The number of nitrogens with zero attached hydrogens (tertiary/aromatic N) is 1. The lowest BCUT2D eigenvalue weighted by molar-refractivity contribution is 0.553. The Morgan fingerprint density at radius 1 is 1.39 bits per heavy atom. The average molecular weight is 337 g/mol. The summed E-state index contributed by atoms with van der Waals surface area (Å²) in [5.74, 6) is -0.154. The van der Waals surface area contributed by atoms with Gasteiger partial charge in [-0.2, -0.15) is 0 Å². The maximum atomic E-state index is 14.7. The maximum Gasteiger partial charge on any atom is 0.147 e. The molecule has 4 heteroatoms. The lowest BCUT2D eigenvalue weighted by atomic mass is 10.1. The Morgan fingerprint density at radius 2 is 2.13 bits per heavy atom. The lowest BCUT2D eigenvalue weighted by Gasteiger charge is -2.31. The van der Waals surface area contributed by atoms with Crippen LogP contribution in [-0.2, 0) is 0 Å². The van der Waals surface area contributed by atoms with Crippen LogP contribution in [0.3, 0.4) is 0 Å². The lowest BCUT2D eigenvalue weighted by Crippen LogP contribution is -2.34. The molecule has 128 valence electrons. The van der Waals surface area contributed by atoms with Crippen LogP contribution in [-0.4, -0.2) is 17.8 Å². The first-order valence-corrected chi connectivity index (χ1v) is 9.61. The first-order chi connectivity index (χ1) is 11.1. The molecule has 1 saturated carbocycles. The monoisotopic (exact) mass is 336 g/mol. The van der Waals surface area contributed by atoms with Gasteiger partial charge in [0, 0.05) is 29.1 Å². The predicted molar refractivity (Wildman–Crippen MR) is 101 cm³/mol. The molecule has 1 unspecified atom stereocenters. The summed E-state index contributed by atoms with van der Waals surface area (Å²) < 4.78 is 17.9. The molecule has 2 rings (SSSR count). The average Bonchev–Trinajstić information content (AvgIpc) is 3.35. The number of hydrogen-bond acceptors (Lipinski definition) is 3. The third kappa shape index (κ3) is 5.17. The summed E-state index contributed by atoms with van der Waals surface area (Å²) in [4.78, 5) is 2.19. The Hall–Kier alpha value is -1.16. The maximum absolute atomic E-state index is 14.7. The van der Waals surface area contributed by atoms with Crippen LogP contribution in [0.15, 0.2) is 24.8 Å². The summed E-state index contributed by atoms with van der Waals surface area (Å²) in [6.45, 7) is 11.4. The van der Waals surface area contributed by atoms with Gasteiger partial charge in [-0.05, 0) is 56.7 Å². The predicted octanol–water partition coefficient (Wildman–Crippen LogP) is 5.60. The number of nitrogens with one attached hydrogen (secondary N) is 1. The van der Waals surface area contributed by atoms with E-state index in [0.29, 0.717) is 17.0 Å². The molecule has 1 atom stereocenters. The van der Waals surface area contributed by atoms with Crippen LogP contribution in [0, 0.1) is 5.82 Å². The molecule has 0 saturated heterocycles. The fourth-order valence-corrected chi connectivity index (χ4v) is 3.52. The van der Waals surface area contributed by atoms with Crippen LogP contribution in [0.2, 0.25) is 0 Å². The first-order valence-electron chi connectivity index (χ1n) is 8.73. The highest BCUT2D eigenvalue weighted by Gasteiger charge is 2.22. The van der Waals surface area contributed by atoms with Crippen molar-refractivity contribution in [3.8, 4) is 0 Å². The number of hydrogen-bond donors (Lipinski definition) is 1. The summed E-state index contributed by atoms with van der Waals surface area (Å²) in [6.07, 6.45) is 5.73. The molecule has 0 aliphatic heterocycles. The Bertz CT molecular complexity index is 528. The standard InChI is InChI=1S/C19H29FN2S/c1-5-7-14(3)22(12-6-2)19-11-8-16(13-18(19)20)15(4)21-23-17-9-10-17/h8,11,13-14,17,21H,4-7,9-10,12H2,1-3H3. The van der Waals surface area contributed by atoms with Gasteiger partial charge in [-0.25, -0.2) is 4.39 Å². The molecule has 0 amide bonds. The Balaban J connectivity index is 2.10. The van der Waals surface area contributed by atoms with E-state index in [1.54, 1.807) is 18.0 Å². The molecule has 1 N–H and O–H groups in total. The molecule has 1 fully saturated rings. The zero-order valence-electron chi connectivity index (χ0n) is 14.6. The van der Waals surface area contributed by atoms with E-state index in [1.807, 2.05) is 12.1 Å². The molecule has 23 heavy (non-hydrogen) atoms. The van der Waals surface area contributed by atoms with Crippen molar-refractivity contribution in [3.63, 3.8) is 0 Å². The van der Waals surface area contributed by atoms with Crippen molar-refractivity contribution in [3.05, 3.63) is 36.2 Å². The smallest absolute Gasteiger partial charge is 0.147 e. The SMILES string of the molecule is C=C(NSC1CC1)c1ccc(N(CCC)C(C)CCC)c(F)c1. The van der Waals surface area contributed by atoms with Gasteiger partial charge in [0.05, 0.1) is 5.69 Å². The van der Waals surface area contributed by atoms with Crippen molar-refractivity contribution in [2.45, 2.75) is 64.2 Å². The quantitative estimate of drug-likeness (QED) is 0.560. The topological polar surface area (TPSA) is 15.3 Å². The fourth-order valence-electron chi connectivity index (χ4n) is 2.72. The minimum Gasteiger partial charge on any atom is -0.366 e. The Kier molecular flexibility index (Phi) is 6.82. The molecule has 1 aromatic carbocycles. The van der Waals surface area contributed by atoms with Crippen LogP contribution >= 0.6 is 11.9 Å². The number of rotatable bonds is 10. The molecule has 0 bridgehead atoms. The summed E-state index contributed by atoms with van der Waals surface area (Å²) in [5.41, 5.74) is 2.33. The highest BCUT2D eigenvalue weighted by atomic mass is 32.2. The van der Waals surface area contributed by atoms with Crippen LogP contribution in [0.4, 0.5) is 10.1 Å². The third-order valence-electron chi connectivity index (χ3n) is 4.18. The van der Waals surface area contributed by atoms with E-state index in [2.05, 4.69) is 37.0 Å². The molecule has 1 aliphatic carbocycles. The molecular formula is C19H29FN2S. The van der Waals surface area contributed by atoms with Crippen molar-refractivity contribution in [1.29, 1.82) is 0 Å². The van der Waals surface area contributed by atoms with Gasteiger partial charge >= 0.3 is 0 Å².